The summed E-state index contributed by atoms with van der Waals surface area (Å²) in [7, 11) is -0.838. The van der Waals surface area contributed by atoms with Crippen LogP contribution in [0.2, 0.25) is 0 Å². The molecule has 1 aromatic rings. The maximum Gasteiger partial charge on any atom is 0.0587 e. The van der Waals surface area contributed by atoms with Crippen LogP contribution in [0.15, 0.2) is 23.1 Å². The largest absolute Gasteiger partial charge is 0.309 e. The van der Waals surface area contributed by atoms with Crippen molar-refractivity contribution in [3.8, 4) is 0 Å². The molecule has 0 radical (unpaired) electrons. The first-order valence-electron chi connectivity index (χ1n) is 5.93. The molecule has 0 bridgehead atoms. The molecule has 0 fully saturated rings. The van der Waals surface area contributed by atoms with E-state index in [1.54, 1.807) is 0 Å². The number of rotatable bonds is 3. The minimum atomic E-state index is -0.838. The Morgan fingerprint density at radius 2 is 2.12 bits per heavy atom. The Balaban J connectivity index is 2.45. The average Bonchev–Trinajstić information content (AvgIpc) is 2.52. The van der Waals surface area contributed by atoms with E-state index in [9.17, 15) is 4.21 Å². The van der Waals surface area contributed by atoms with E-state index in [0.29, 0.717) is 0 Å². The van der Waals surface area contributed by atoms with E-state index in [1.165, 1.54) is 11.1 Å². The van der Waals surface area contributed by atoms with Gasteiger partial charge in [-0.25, -0.2) is 0 Å². The molecule has 0 aromatic heterocycles. The minimum Gasteiger partial charge on any atom is -0.309 e. The average molecular weight is 237 g/mol. The van der Waals surface area contributed by atoms with Gasteiger partial charge in [-0.2, -0.15) is 0 Å². The Morgan fingerprint density at radius 1 is 1.38 bits per heavy atom. The van der Waals surface area contributed by atoms with Gasteiger partial charge >= 0.3 is 0 Å². The van der Waals surface area contributed by atoms with Gasteiger partial charge in [0, 0.05) is 10.9 Å². The van der Waals surface area contributed by atoms with Gasteiger partial charge in [0.25, 0.3) is 0 Å². The second kappa shape index (κ2) is 4.68. The molecule has 2 nitrogen and oxygen atoms in total. The first kappa shape index (κ1) is 11.8. The molecule has 88 valence electrons. The fourth-order valence-electron chi connectivity index (χ4n) is 2.43. The highest BCUT2D eigenvalue weighted by molar-refractivity contribution is 7.86. The summed E-state index contributed by atoms with van der Waals surface area (Å²) in [6.07, 6.45) is 0.956. The molecule has 2 rings (SSSR count). The minimum absolute atomic E-state index is 0.233. The zero-order chi connectivity index (χ0) is 11.7. The number of benzene rings is 1. The lowest BCUT2D eigenvalue weighted by Gasteiger charge is -2.18. The molecule has 16 heavy (non-hydrogen) atoms. The summed E-state index contributed by atoms with van der Waals surface area (Å²) in [5.41, 5.74) is 2.49. The van der Waals surface area contributed by atoms with Crippen molar-refractivity contribution in [2.75, 3.05) is 6.54 Å². The summed E-state index contributed by atoms with van der Waals surface area (Å²) in [6, 6.07) is 6.53. The Hall–Kier alpha value is -0.670. The molecule has 3 heteroatoms. The monoisotopic (exact) mass is 237 g/mol. The molecule has 1 aromatic carbocycles. The second-order valence-corrected chi connectivity index (χ2v) is 5.96. The van der Waals surface area contributed by atoms with Crippen LogP contribution in [0.25, 0.3) is 0 Å². The Labute approximate surface area is 99.9 Å². The molecule has 0 aliphatic carbocycles. The van der Waals surface area contributed by atoms with Crippen LogP contribution in [-0.4, -0.2) is 16.0 Å². The number of hydrogen-bond donors (Lipinski definition) is 1. The third kappa shape index (κ3) is 1.82. The molecule has 0 saturated heterocycles. The summed E-state index contributed by atoms with van der Waals surface area (Å²) in [5, 5.41) is 3.70. The van der Waals surface area contributed by atoms with Crippen LogP contribution in [0.1, 0.15) is 37.4 Å². The van der Waals surface area contributed by atoms with E-state index >= 15 is 0 Å². The fourth-order valence-corrected chi connectivity index (χ4v) is 4.17. The molecule has 1 heterocycles. The molecule has 1 aliphatic heterocycles. The maximum atomic E-state index is 12.3. The van der Waals surface area contributed by atoms with Crippen LogP contribution in [-0.2, 0) is 10.8 Å². The van der Waals surface area contributed by atoms with E-state index in [-0.39, 0.29) is 11.3 Å². The molecule has 0 amide bonds. The predicted molar refractivity (Wildman–Crippen MR) is 68.1 cm³/mol. The molecule has 3 unspecified atom stereocenters. The van der Waals surface area contributed by atoms with E-state index in [4.69, 9.17) is 0 Å². The summed E-state index contributed by atoms with van der Waals surface area (Å²) in [6.45, 7) is 7.23. The third-order valence-electron chi connectivity index (χ3n) is 3.19. The zero-order valence-corrected chi connectivity index (χ0v) is 10.9. The number of fused-ring (bicyclic) bond motifs is 1. The van der Waals surface area contributed by atoms with Crippen molar-refractivity contribution in [1.82, 2.24) is 5.32 Å². The highest BCUT2D eigenvalue weighted by Gasteiger charge is 2.36. The van der Waals surface area contributed by atoms with Crippen molar-refractivity contribution in [2.45, 2.75) is 43.4 Å². The summed E-state index contributed by atoms with van der Waals surface area (Å²) < 4.78 is 12.3. The van der Waals surface area contributed by atoms with Crippen molar-refractivity contribution >= 4 is 10.8 Å². The Morgan fingerprint density at radius 3 is 2.75 bits per heavy atom. The van der Waals surface area contributed by atoms with Crippen molar-refractivity contribution in [2.24, 2.45) is 0 Å². The third-order valence-corrected chi connectivity index (χ3v) is 5.15. The van der Waals surface area contributed by atoms with Crippen LogP contribution in [0.3, 0.4) is 0 Å². The van der Waals surface area contributed by atoms with Crippen LogP contribution < -0.4 is 5.32 Å². The standard InChI is InChI=1S/C13H19NOS/c1-4-11-13(14-5-2)10-8-9(3)6-7-12(10)16(11)15/h6-8,11,13-14H,4-5H2,1-3H3. The fraction of sp³-hybridized carbons (Fsp3) is 0.538. The maximum absolute atomic E-state index is 12.3. The van der Waals surface area contributed by atoms with Crippen molar-refractivity contribution in [3.05, 3.63) is 29.3 Å². The quantitative estimate of drug-likeness (QED) is 0.875. The SMILES string of the molecule is CCNC1c2cc(C)ccc2S(=O)C1CC. The lowest BCUT2D eigenvalue weighted by molar-refractivity contribution is 0.520. The van der Waals surface area contributed by atoms with Gasteiger partial charge in [0.1, 0.15) is 0 Å². The van der Waals surface area contributed by atoms with Crippen molar-refractivity contribution < 1.29 is 4.21 Å². The normalized spacial score (nSPS) is 28.1. The van der Waals surface area contributed by atoms with Gasteiger partial charge in [-0.1, -0.05) is 31.5 Å². The highest BCUT2D eigenvalue weighted by Crippen LogP contribution is 2.38. The van der Waals surface area contributed by atoms with Crippen LogP contribution >= 0.6 is 0 Å². The summed E-state index contributed by atoms with van der Waals surface area (Å²) >= 11 is 0. The van der Waals surface area contributed by atoms with E-state index in [2.05, 4.69) is 38.2 Å². The zero-order valence-electron chi connectivity index (χ0n) is 10.1. The van der Waals surface area contributed by atoms with Gasteiger partial charge in [0.15, 0.2) is 0 Å². The second-order valence-electron chi connectivity index (χ2n) is 4.32. The molecule has 1 N–H and O–H groups in total. The van der Waals surface area contributed by atoms with Crippen molar-refractivity contribution in [3.63, 3.8) is 0 Å². The number of nitrogens with one attached hydrogen (secondary N) is 1. The molecule has 3 atom stereocenters. The highest BCUT2D eigenvalue weighted by atomic mass is 32.2. The predicted octanol–water partition coefficient (Wildman–Crippen LogP) is 2.55. The molecule has 1 aliphatic rings. The van der Waals surface area contributed by atoms with Crippen LogP contribution in [0.4, 0.5) is 0 Å². The van der Waals surface area contributed by atoms with Gasteiger partial charge in [-0.05, 0) is 31.5 Å². The van der Waals surface area contributed by atoms with E-state index < -0.39 is 10.8 Å². The van der Waals surface area contributed by atoms with Crippen molar-refractivity contribution in [1.29, 1.82) is 0 Å². The molecular formula is C13H19NOS. The van der Waals surface area contributed by atoms with E-state index in [1.807, 2.05) is 6.07 Å². The van der Waals surface area contributed by atoms with Gasteiger partial charge in [-0.15, -0.1) is 0 Å². The Kier molecular flexibility index (Phi) is 3.45. The summed E-state index contributed by atoms with van der Waals surface area (Å²) in [4.78, 5) is 1.03. The van der Waals surface area contributed by atoms with Gasteiger partial charge in [0.2, 0.25) is 0 Å². The lowest BCUT2D eigenvalue weighted by Crippen LogP contribution is -2.29. The summed E-state index contributed by atoms with van der Waals surface area (Å²) in [5.74, 6) is 0. The first-order valence-corrected chi connectivity index (χ1v) is 7.14. The van der Waals surface area contributed by atoms with Gasteiger partial charge in [0.05, 0.1) is 16.0 Å². The topological polar surface area (TPSA) is 29.1 Å². The first-order chi connectivity index (χ1) is 7.69. The van der Waals surface area contributed by atoms with Crippen LogP contribution in [0, 0.1) is 6.92 Å². The van der Waals surface area contributed by atoms with Crippen LogP contribution in [0.5, 0.6) is 0 Å². The number of aryl methyl sites for hydroxylation is 1. The smallest absolute Gasteiger partial charge is 0.0587 e. The lowest BCUT2D eigenvalue weighted by atomic mass is 10.0. The van der Waals surface area contributed by atoms with E-state index in [0.717, 1.165) is 17.9 Å². The molecule has 0 saturated carbocycles. The molecular weight excluding hydrogens is 218 g/mol. The molecule has 0 spiro atoms. The number of hydrogen-bond acceptors (Lipinski definition) is 2. The Bertz CT molecular complexity index is 416. The van der Waals surface area contributed by atoms with Gasteiger partial charge in [-0.3, -0.25) is 4.21 Å². The van der Waals surface area contributed by atoms with Gasteiger partial charge < -0.3 is 5.32 Å².